The minimum Gasteiger partial charge on any atom is -0.503 e. The highest BCUT2D eigenvalue weighted by molar-refractivity contribution is 5.59. The van der Waals surface area contributed by atoms with Gasteiger partial charge in [-0.05, 0) is 112 Å². The number of rotatable bonds is 17. The van der Waals surface area contributed by atoms with Gasteiger partial charge in [-0.15, -0.1) is 0 Å². The third kappa shape index (κ3) is 16.1. The number of phenolic OH excluding ortho intramolecular Hbond substituents is 3. The molecule has 0 saturated heterocycles. The van der Waals surface area contributed by atoms with E-state index in [4.69, 9.17) is 14.2 Å². The van der Waals surface area contributed by atoms with Crippen molar-refractivity contribution in [1.29, 1.82) is 0 Å². The Morgan fingerprint density at radius 1 is 0.385 bits per heavy atom. The molecule has 0 aromatic heterocycles. The summed E-state index contributed by atoms with van der Waals surface area (Å²) in [5.74, 6) is -6.45. The Bertz CT molecular complexity index is 3380. The van der Waals surface area contributed by atoms with Crippen molar-refractivity contribution in [2.75, 3.05) is 16.0 Å². The van der Waals surface area contributed by atoms with Gasteiger partial charge < -0.3 is 45.5 Å². The first kappa shape index (κ1) is 56.5. The number of anilines is 3. The van der Waals surface area contributed by atoms with Gasteiger partial charge in [0.05, 0.1) is 17.1 Å². The highest BCUT2D eigenvalue weighted by Gasteiger charge is 2.16. The maximum atomic E-state index is 13.4. The zero-order valence-electron chi connectivity index (χ0n) is 42.8. The van der Waals surface area contributed by atoms with Crippen LogP contribution in [0.5, 0.6) is 40.2 Å². The molecular weight excluding hydrogens is 1010 g/mol. The topological polar surface area (TPSA) is 124 Å². The number of para-hydroxylation sites is 1. The van der Waals surface area contributed by atoms with E-state index in [1.807, 2.05) is 158 Å². The summed E-state index contributed by atoms with van der Waals surface area (Å²) in [4.78, 5) is 0. The van der Waals surface area contributed by atoms with Crippen molar-refractivity contribution >= 4 is 17.1 Å². The first-order valence-corrected chi connectivity index (χ1v) is 24.6. The predicted molar refractivity (Wildman–Crippen MR) is 292 cm³/mol. The van der Waals surface area contributed by atoms with E-state index < -0.39 is 52.2 Å². The number of phenols is 3. The molecule has 0 unspecified atom stereocenters. The number of benzene rings is 9. The van der Waals surface area contributed by atoms with Crippen molar-refractivity contribution in [3.63, 3.8) is 0 Å². The second-order valence-corrected chi connectivity index (χ2v) is 18.7. The molecule has 0 amide bonds. The second-order valence-electron chi connectivity index (χ2n) is 18.7. The molecule has 0 heterocycles. The molecule has 6 N–H and O–H groups in total. The quantitative estimate of drug-likeness (QED) is 0.0391. The highest BCUT2D eigenvalue weighted by atomic mass is 19.2. The molecule has 0 fully saturated rings. The summed E-state index contributed by atoms with van der Waals surface area (Å²) >= 11 is 0. The van der Waals surface area contributed by atoms with Crippen LogP contribution in [0, 0.1) is 34.9 Å². The van der Waals surface area contributed by atoms with E-state index in [9.17, 15) is 41.7 Å². The van der Waals surface area contributed by atoms with Crippen molar-refractivity contribution < 1.29 is 55.9 Å². The average Bonchev–Trinajstić information content (AvgIpc) is 3.45. The first-order chi connectivity index (χ1) is 37.5. The molecule has 78 heavy (non-hydrogen) atoms. The normalized spacial score (nSPS) is 10.8. The van der Waals surface area contributed by atoms with E-state index in [0.717, 1.165) is 51.8 Å². The fourth-order valence-electron chi connectivity index (χ4n) is 7.52. The fraction of sp³-hybridized carbons (Fsp3) is 0.143. The fourth-order valence-corrected chi connectivity index (χ4v) is 7.52. The Hall–Kier alpha value is -9.24. The first-order valence-electron chi connectivity index (χ1n) is 24.6. The Morgan fingerprint density at radius 2 is 0.795 bits per heavy atom. The largest absolute Gasteiger partial charge is 0.503 e. The smallest absolute Gasteiger partial charge is 0.202 e. The molecule has 0 radical (unpaired) electrons. The molecule has 402 valence electrons. The summed E-state index contributed by atoms with van der Waals surface area (Å²) in [5, 5.41) is 37.7. The van der Waals surface area contributed by atoms with E-state index >= 15 is 0 Å². The van der Waals surface area contributed by atoms with Gasteiger partial charge in [0.15, 0.2) is 34.7 Å². The van der Waals surface area contributed by atoms with Crippen molar-refractivity contribution in [1.82, 2.24) is 0 Å². The Morgan fingerprint density at radius 3 is 1.28 bits per heavy atom. The molecule has 9 rings (SSSR count). The number of aromatic hydroxyl groups is 3. The molecule has 9 aromatic rings. The van der Waals surface area contributed by atoms with Crippen LogP contribution in [0.2, 0.25) is 0 Å². The van der Waals surface area contributed by atoms with Crippen LogP contribution < -0.4 is 30.2 Å². The van der Waals surface area contributed by atoms with Crippen LogP contribution in [0.3, 0.4) is 0 Å². The zero-order valence-corrected chi connectivity index (χ0v) is 42.8. The van der Waals surface area contributed by atoms with E-state index in [-0.39, 0.29) is 22.5 Å². The van der Waals surface area contributed by atoms with Gasteiger partial charge in [0.1, 0.15) is 36.2 Å². The molecule has 0 saturated carbocycles. The molecule has 15 heteroatoms. The summed E-state index contributed by atoms with van der Waals surface area (Å²) in [6, 6.07) is 56.6. The maximum absolute atomic E-state index is 13.4. The average molecular weight is 1070 g/mol. The minimum atomic E-state index is -1.27. The summed E-state index contributed by atoms with van der Waals surface area (Å²) in [6.45, 7) is 8.30. The Balaban J connectivity index is 0.000000170. The van der Waals surface area contributed by atoms with Gasteiger partial charge in [-0.3, -0.25) is 0 Å². The summed E-state index contributed by atoms with van der Waals surface area (Å²) in [6.07, 6.45) is 0. The SMILES string of the molecule is CC(C)(C)c1ccc(Oc2cccc(CNc3ccc(F)c(F)c3O)c2)cc1.Oc1c(NCc2cccc(OCc3ccccc3)c2)ccc(F)c1F.Oc1c(NCc2ccccc2OCc2ccccc2)ccc(F)c1F. The number of hydrogen-bond acceptors (Lipinski definition) is 9. The van der Waals surface area contributed by atoms with Crippen LogP contribution in [0.4, 0.5) is 43.4 Å². The number of ether oxygens (including phenoxy) is 3. The van der Waals surface area contributed by atoms with Gasteiger partial charge in [-0.2, -0.15) is 13.2 Å². The molecule has 0 aliphatic rings. The molecule has 0 aliphatic heterocycles. The number of hydrogen-bond donors (Lipinski definition) is 6. The standard InChI is InChI=1S/C23H23F2NO2.2C20H17F2NO2/c1-23(2,3)16-7-9-17(10-8-16)28-18-6-4-5-15(13-18)14-26-20-12-11-19(24)21(25)22(20)27;21-16-10-11-17(20(24)19(16)22)23-12-15-8-4-5-9-18(15)25-13-14-6-2-1-3-7-14;21-17-9-10-18(20(24)19(17)22)23-12-15-7-4-8-16(11-15)25-13-14-5-2-1-3-6-14/h4-13,26-27H,14H2,1-3H3;2*1-11,23-24H,12-13H2. The third-order valence-corrected chi connectivity index (χ3v) is 11.9. The van der Waals surface area contributed by atoms with Crippen LogP contribution in [0.15, 0.2) is 194 Å². The highest BCUT2D eigenvalue weighted by Crippen LogP contribution is 2.33. The van der Waals surface area contributed by atoms with Crippen LogP contribution in [-0.4, -0.2) is 15.3 Å². The van der Waals surface area contributed by atoms with Crippen molar-refractivity contribution in [2.24, 2.45) is 0 Å². The van der Waals surface area contributed by atoms with Gasteiger partial charge in [0, 0.05) is 25.2 Å². The lowest BCUT2D eigenvalue weighted by molar-refractivity contribution is 0.303. The molecule has 9 nitrogen and oxygen atoms in total. The molecule has 0 spiro atoms. The predicted octanol–water partition coefficient (Wildman–Crippen LogP) is 16.1. The van der Waals surface area contributed by atoms with Crippen LogP contribution in [0.1, 0.15) is 54.2 Å². The minimum absolute atomic E-state index is 0.0789. The van der Waals surface area contributed by atoms with Gasteiger partial charge in [-0.25, -0.2) is 13.2 Å². The Kier molecular flexibility index (Phi) is 19.6. The molecule has 0 atom stereocenters. The third-order valence-electron chi connectivity index (χ3n) is 11.9. The molecule has 9 aromatic carbocycles. The van der Waals surface area contributed by atoms with Crippen molar-refractivity contribution in [3.05, 3.63) is 262 Å². The van der Waals surface area contributed by atoms with Gasteiger partial charge in [0.2, 0.25) is 17.5 Å². The van der Waals surface area contributed by atoms with Crippen LogP contribution in [0.25, 0.3) is 0 Å². The van der Waals surface area contributed by atoms with Gasteiger partial charge in [0.25, 0.3) is 0 Å². The molecule has 0 aliphatic carbocycles. The second kappa shape index (κ2) is 27.0. The zero-order chi connectivity index (χ0) is 55.6. The van der Waals surface area contributed by atoms with Crippen molar-refractivity contribution in [2.45, 2.75) is 59.0 Å². The van der Waals surface area contributed by atoms with E-state index in [0.29, 0.717) is 50.1 Å². The Labute approximate surface area is 449 Å². The van der Waals surface area contributed by atoms with Crippen molar-refractivity contribution in [3.8, 4) is 40.2 Å². The van der Waals surface area contributed by atoms with Crippen LogP contribution in [-0.2, 0) is 38.3 Å². The summed E-state index contributed by atoms with van der Waals surface area (Å²) in [7, 11) is 0. The summed E-state index contributed by atoms with van der Waals surface area (Å²) < 4.78 is 96.9. The van der Waals surface area contributed by atoms with Gasteiger partial charge >= 0.3 is 0 Å². The monoisotopic (exact) mass is 1070 g/mol. The van der Waals surface area contributed by atoms with Gasteiger partial charge in [-0.1, -0.05) is 136 Å². The molecular formula is C63H57F6N3O6. The lowest BCUT2D eigenvalue weighted by atomic mass is 9.87. The molecule has 0 bridgehead atoms. The maximum Gasteiger partial charge on any atom is 0.202 e. The van der Waals surface area contributed by atoms with E-state index in [1.165, 1.54) is 23.8 Å². The lowest BCUT2D eigenvalue weighted by Crippen LogP contribution is -2.10. The summed E-state index contributed by atoms with van der Waals surface area (Å²) in [5.41, 5.74) is 6.39. The lowest BCUT2D eigenvalue weighted by Gasteiger charge is -2.19. The number of nitrogens with one attached hydrogen (secondary N) is 3. The van der Waals surface area contributed by atoms with E-state index in [1.54, 1.807) is 0 Å². The number of halogens is 6. The van der Waals surface area contributed by atoms with Crippen LogP contribution >= 0.6 is 0 Å². The van der Waals surface area contributed by atoms with E-state index in [2.05, 4.69) is 36.7 Å².